The molecule has 0 saturated carbocycles. The minimum absolute atomic E-state index is 0.206. The van der Waals surface area contributed by atoms with Gasteiger partial charge >= 0.3 is 0 Å². The highest BCUT2D eigenvalue weighted by Gasteiger charge is 2.17. The lowest BCUT2D eigenvalue weighted by Crippen LogP contribution is -2.30. The SMILES string of the molecule is COc1cccc(C(C)NCC(C)(C)C#N)c1. The molecular weight excluding hydrogens is 212 g/mol. The maximum Gasteiger partial charge on any atom is 0.119 e. The molecule has 0 aliphatic heterocycles. The van der Waals surface area contributed by atoms with Gasteiger partial charge in [0, 0.05) is 12.6 Å². The van der Waals surface area contributed by atoms with E-state index in [1.165, 1.54) is 0 Å². The molecule has 92 valence electrons. The molecule has 1 unspecified atom stereocenters. The Morgan fingerprint density at radius 1 is 1.47 bits per heavy atom. The Labute approximate surface area is 103 Å². The van der Waals surface area contributed by atoms with Gasteiger partial charge in [0.25, 0.3) is 0 Å². The summed E-state index contributed by atoms with van der Waals surface area (Å²) in [6.07, 6.45) is 0. The van der Waals surface area contributed by atoms with Crippen molar-refractivity contribution < 1.29 is 4.74 Å². The number of rotatable bonds is 5. The Hall–Kier alpha value is -1.53. The van der Waals surface area contributed by atoms with Crippen molar-refractivity contribution in [2.45, 2.75) is 26.8 Å². The maximum atomic E-state index is 8.95. The zero-order valence-electron chi connectivity index (χ0n) is 10.9. The third-order valence-electron chi connectivity index (χ3n) is 2.75. The summed E-state index contributed by atoms with van der Waals surface area (Å²) < 4.78 is 5.19. The molecule has 1 aromatic rings. The summed E-state index contributed by atoms with van der Waals surface area (Å²) in [7, 11) is 1.66. The summed E-state index contributed by atoms with van der Waals surface area (Å²) in [5.74, 6) is 0.857. The number of nitrogens with zero attached hydrogens (tertiary/aromatic N) is 1. The molecule has 3 nitrogen and oxygen atoms in total. The van der Waals surface area contributed by atoms with E-state index in [-0.39, 0.29) is 11.5 Å². The van der Waals surface area contributed by atoms with Gasteiger partial charge in [-0.25, -0.2) is 0 Å². The number of hydrogen-bond acceptors (Lipinski definition) is 3. The highest BCUT2D eigenvalue weighted by atomic mass is 16.5. The summed E-state index contributed by atoms with van der Waals surface area (Å²) in [5, 5.41) is 12.3. The van der Waals surface area contributed by atoms with Crippen molar-refractivity contribution in [2.75, 3.05) is 13.7 Å². The van der Waals surface area contributed by atoms with Crippen molar-refractivity contribution in [3.05, 3.63) is 29.8 Å². The van der Waals surface area contributed by atoms with Crippen molar-refractivity contribution in [3.63, 3.8) is 0 Å². The third-order valence-corrected chi connectivity index (χ3v) is 2.75. The molecule has 1 aromatic carbocycles. The highest BCUT2D eigenvalue weighted by molar-refractivity contribution is 5.30. The zero-order valence-corrected chi connectivity index (χ0v) is 10.9. The van der Waals surface area contributed by atoms with Crippen LogP contribution in [0, 0.1) is 16.7 Å². The van der Waals surface area contributed by atoms with Gasteiger partial charge in [-0.3, -0.25) is 0 Å². The van der Waals surface area contributed by atoms with E-state index in [0.29, 0.717) is 6.54 Å². The highest BCUT2D eigenvalue weighted by Crippen LogP contribution is 2.20. The van der Waals surface area contributed by atoms with Gasteiger partial charge in [-0.05, 0) is 38.5 Å². The van der Waals surface area contributed by atoms with Crippen LogP contribution >= 0.6 is 0 Å². The number of methoxy groups -OCH3 is 1. The van der Waals surface area contributed by atoms with Crippen LogP contribution in [0.3, 0.4) is 0 Å². The van der Waals surface area contributed by atoms with Crippen LogP contribution in [0.5, 0.6) is 5.75 Å². The number of benzene rings is 1. The molecule has 0 fully saturated rings. The first-order chi connectivity index (χ1) is 7.98. The number of nitriles is 1. The Morgan fingerprint density at radius 3 is 2.76 bits per heavy atom. The lowest BCUT2D eigenvalue weighted by molar-refractivity contribution is 0.406. The molecule has 0 radical (unpaired) electrons. The van der Waals surface area contributed by atoms with Crippen LogP contribution in [-0.2, 0) is 0 Å². The van der Waals surface area contributed by atoms with E-state index in [4.69, 9.17) is 10.00 Å². The Morgan fingerprint density at radius 2 is 2.18 bits per heavy atom. The topological polar surface area (TPSA) is 45.0 Å². The summed E-state index contributed by atoms with van der Waals surface area (Å²) in [6, 6.07) is 10.5. The van der Waals surface area contributed by atoms with Crippen molar-refractivity contribution in [3.8, 4) is 11.8 Å². The van der Waals surface area contributed by atoms with Crippen LogP contribution < -0.4 is 10.1 Å². The molecular formula is C14H20N2O. The van der Waals surface area contributed by atoms with Crippen LogP contribution in [0.1, 0.15) is 32.4 Å². The van der Waals surface area contributed by atoms with Gasteiger partial charge < -0.3 is 10.1 Å². The Bertz CT molecular complexity index is 407. The second kappa shape index (κ2) is 5.70. The van der Waals surface area contributed by atoms with Crippen LogP contribution in [0.2, 0.25) is 0 Å². The first kappa shape index (κ1) is 13.5. The third kappa shape index (κ3) is 4.08. The predicted molar refractivity (Wildman–Crippen MR) is 68.8 cm³/mol. The first-order valence-corrected chi connectivity index (χ1v) is 5.77. The Balaban J connectivity index is 2.64. The number of nitrogens with one attached hydrogen (secondary N) is 1. The molecule has 0 bridgehead atoms. The molecule has 3 heteroatoms. The summed E-state index contributed by atoms with van der Waals surface area (Å²) in [4.78, 5) is 0. The van der Waals surface area contributed by atoms with Crippen LogP contribution in [0.25, 0.3) is 0 Å². The molecule has 1 atom stereocenters. The number of hydrogen-bond donors (Lipinski definition) is 1. The largest absolute Gasteiger partial charge is 0.497 e. The van der Waals surface area contributed by atoms with Gasteiger partial charge in [0.1, 0.15) is 5.75 Å². The fourth-order valence-electron chi connectivity index (χ4n) is 1.48. The van der Waals surface area contributed by atoms with E-state index in [0.717, 1.165) is 11.3 Å². The molecule has 0 aliphatic rings. The molecule has 0 aliphatic carbocycles. The van der Waals surface area contributed by atoms with Crippen LogP contribution in [-0.4, -0.2) is 13.7 Å². The van der Waals surface area contributed by atoms with Crippen LogP contribution in [0.15, 0.2) is 24.3 Å². The second-order valence-corrected chi connectivity index (χ2v) is 4.87. The molecule has 0 aromatic heterocycles. The smallest absolute Gasteiger partial charge is 0.119 e. The molecule has 1 rings (SSSR count). The summed E-state index contributed by atoms with van der Waals surface area (Å²) in [5.41, 5.74) is 0.825. The standard InChI is InChI=1S/C14H20N2O/c1-11(16-10-14(2,3)9-15)12-6-5-7-13(8-12)17-4/h5-8,11,16H,10H2,1-4H3. The van der Waals surface area contributed by atoms with Crippen molar-refractivity contribution >= 4 is 0 Å². The Kier molecular flexibility index (Phi) is 4.53. The maximum absolute atomic E-state index is 8.95. The lowest BCUT2D eigenvalue weighted by Gasteiger charge is -2.21. The van der Waals surface area contributed by atoms with E-state index in [1.54, 1.807) is 7.11 Å². The molecule has 1 N–H and O–H groups in total. The zero-order chi connectivity index (χ0) is 12.9. The van der Waals surface area contributed by atoms with Gasteiger partial charge in [0.2, 0.25) is 0 Å². The fraction of sp³-hybridized carbons (Fsp3) is 0.500. The van der Waals surface area contributed by atoms with Crippen molar-refractivity contribution in [1.29, 1.82) is 5.26 Å². The molecule has 17 heavy (non-hydrogen) atoms. The quantitative estimate of drug-likeness (QED) is 0.849. The van der Waals surface area contributed by atoms with Gasteiger partial charge in [-0.15, -0.1) is 0 Å². The fourth-order valence-corrected chi connectivity index (χ4v) is 1.48. The van der Waals surface area contributed by atoms with Gasteiger partial charge in [0.15, 0.2) is 0 Å². The van der Waals surface area contributed by atoms with E-state index >= 15 is 0 Å². The van der Waals surface area contributed by atoms with E-state index in [2.05, 4.69) is 24.4 Å². The van der Waals surface area contributed by atoms with Crippen molar-refractivity contribution in [1.82, 2.24) is 5.32 Å². The summed E-state index contributed by atoms with van der Waals surface area (Å²) >= 11 is 0. The molecule has 0 heterocycles. The first-order valence-electron chi connectivity index (χ1n) is 5.77. The minimum Gasteiger partial charge on any atom is -0.497 e. The molecule has 0 saturated heterocycles. The van der Waals surface area contributed by atoms with E-state index in [9.17, 15) is 0 Å². The van der Waals surface area contributed by atoms with E-state index in [1.807, 2.05) is 32.0 Å². The monoisotopic (exact) mass is 232 g/mol. The lowest BCUT2D eigenvalue weighted by atomic mass is 9.95. The average Bonchev–Trinajstić information content (AvgIpc) is 2.36. The van der Waals surface area contributed by atoms with E-state index < -0.39 is 0 Å². The van der Waals surface area contributed by atoms with Crippen LogP contribution in [0.4, 0.5) is 0 Å². The second-order valence-electron chi connectivity index (χ2n) is 4.87. The minimum atomic E-state index is -0.340. The summed E-state index contributed by atoms with van der Waals surface area (Å²) in [6.45, 7) is 6.61. The van der Waals surface area contributed by atoms with Gasteiger partial charge in [0.05, 0.1) is 18.6 Å². The van der Waals surface area contributed by atoms with Crippen molar-refractivity contribution in [2.24, 2.45) is 5.41 Å². The van der Waals surface area contributed by atoms with Gasteiger partial charge in [-0.2, -0.15) is 5.26 Å². The predicted octanol–water partition coefficient (Wildman–Crippen LogP) is 2.90. The number of ether oxygens (including phenoxy) is 1. The van der Waals surface area contributed by atoms with Gasteiger partial charge in [-0.1, -0.05) is 12.1 Å². The normalized spacial score (nSPS) is 12.9. The molecule has 0 amide bonds. The average molecular weight is 232 g/mol. The molecule has 0 spiro atoms.